The van der Waals surface area contributed by atoms with Crippen LogP contribution in [0.25, 0.3) is 5.69 Å². The third-order valence-corrected chi connectivity index (χ3v) is 2.31. The Morgan fingerprint density at radius 1 is 1.29 bits per heavy atom. The zero-order chi connectivity index (χ0) is 10.1. The van der Waals surface area contributed by atoms with Crippen LogP contribution < -0.4 is 5.73 Å². The summed E-state index contributed by atoms with van der Waals surface area (Å²) in [5.74, 6) is 0.984. The predicted molar refractivity (Wildman–Crippen MR) is 57.5 cm³/mol. The first kappa shape index (κ1) is 8.81. The molecule has 0 fully saturated rings. The molecule has 0 aliphatic carbocycles. The maximum absolute atomic E-state index is 5.69. The number of rotatable bonds is 1. The van der Waals surface area contributed by atoms with E-state index in [0.29, 0.717) is 0 Å². The summed E-state index contributed by atoms with van der Waals surface area (Å²) in [6, 6.07) is 5.88. The van der Waals surface area contributed by atoms with E-state index >= 15 is 0 Å². The number of nitrogen functional groups attached to an aromatic ring is 1. The van der Waals surface area contributed by atoms with E-state index in [4.69, 9.17) is 5.73 Å². The number of hydrogen-bond donors (Lipinski definition) is 1. The number of benzene rings is 1. The molecular formula is C11H13N3. The highest BCUT2D eigenvalue weighted by atomic mass is 15.1. The van der Waals surface area contributed by atoms with Gasteiger partial charge in [0.15, 0.2) is 0 Å². The molecule has 0 atom stereocenters. The lowest BCUT2D eigenvalue weighted by molar-refractivity contribution is 0.965. The van der Waals surface area contributed by atoms with Crippen molar-refractivity contribution in [3.63, 3.8) is 0 Å². The van der Waals surface area contributed by atoms with Gasteiger partial charge in [-0.3, -0.25) is 0 Å². The van der Waals surface area contributed by atoms with Crippen molar-refractivity contribution in [2.45, 2.75) is 13.8 Å². The molecule has 1 aromatic heterocycles. The standard InChI is InChI=1S/C11H13N3/c1-8-7-10(12)3-4-11(8)14-6-5-13-9(14)2/h3-7H,12H2,1-2H3. The number of aromatic nitrogens is 2. The maximum atomic E-state index is 5.69. The van der Waals surface area contributed by atoms with E-state index < -0.39 is 0 Å². The zero-order valence-electron chi connectivity index (χ0n) is 8.36. The Balaban J connectivity index is 2.58. The van der Waals surface area contributed by atoms with Crippen LogP contribution in [0.5, 0.6) is 0 Å². The molecule has 1 heterocycles. The molecule has 0 saturated heterocycles. The molecule has 0 aliphatic rings. The Morgan fingerprint density at radius 3 is 2.64 bits per heavy atom. The Labute approximate surface area is 83.2 Å². The second-order valence-corrected chi connectivity index (χ2v) is 3.39. The van der Waals surface area contributed by atoms with Gasteiger partial charge in [0, 0.05) is 23.8 Å². The van der Waals surface area contributed by atoms with Crippen LogP contribution in [-0.4, -0.2) is 9.55 Å². The van der Waals surface area contributed by atoms with Gasteiger partial charge in [-0.05, 0) is 37.6 Å². The number of nitrogens with zero attached hydrogens (tertiary/aromatic N) is 2. The highest BCUT2D eigenvalue weighted by Gasteiger charge is 2.03. The molecule has 3 heteroatoms. The Hall–Kier alpha value is -1.77. The molecule has 3 nitrogen and oxygen atoms in total. The van der Waals surface area contributed by atoms with Crippen LogP contribution in [-0.2, 0) is 0 Å². The molecule has 0 bridgehead atoms. The smallest absolute Gasteiger partial charge is 0.110 e. The van der Waals surface area contributed by atoms with Crippen LogP contribution in [0.3, 0.4) is 0 Å². The summed E-state index contributed by atoms with van der Waals surface area (Å²) in [6.07, 6.45) is 3.75. The van der Waals surface area contributed by atoms with Gasteiger partial charge in [-0.2, -0.15) is 0 Å². The third kappa shape index (κ3) is 1.37. The topological polar surface area (TPSA) is 43.8 Å². The summed E-state index contributed by atoms with van der Waals surface area (Å²) in [7, 11) is 0. The zero-order valence-corrected chi connectivity index (χ0v) is 8.36. The normalized spacial score (nSPS) is 10.4. The van der Waals surface area contributed by atoms with Crippen molar-refractivity contribution in [3.8, 4) is 5.69 Å². The SMILES string of the molecule is Cc1cc(N)ccc1-n1ccnc1C. The summed E-state index contributed by atoms with van der Waals surface area (Å²) in [4.78, 5) is 4.19. The quantitative estimate of drug-likeness (QED) is 0.694. The lowest BCUT2D eigenvalue weighted by Crippen LogP contribution is -1.99. The minimum atomic E-state index is 0.795. The summed E-state index contributed by atoms with van der Waals surface area (Å²) in [6.45, 7) is 4.03. The van der Waals surface area contributed by atoms with Crippen molar-refractivity contribution in [1.82, 2.24) is 9.55 Å². The van der Waals surface area contributed by atoms with Crippen molar-refractivity contribution in [2.75, 3.05) is 5.73 Å². The second kappa shape index (κ2) is 3.18. The fraction of sp³-hybridized carbons (Fsp3) is 0.182. The molecule has 0 unspecified atom stereocenters. The van der Waals surface area contributed by atoms with Gasteiger partial charge in [0.1, 0.15) is 5.82 Å². The van der Waals surface area contributed by atoms with Crippen molar-refractivity contribution in [1.29, 1.82) is 0 Å². The molecule has 0 amide bonds. The Bertz CT molecular complexity index is 457. The molecule has 0 aliphatic heterocycles. The average molecular weight is 187 g/mol. The summed E-state index contributed by atoms with van der Waals surface area (Å²) in [5, 5.41) is 0. The Morgan fingerprint density at radius 2 is 2.07 bits per heavy atom. The Kier molecular flexibility index (Phi) is 2.00. The van der Waals surface area contributed by atoms with Crippen molar-refractivity contribution < 1.29 is 0 Å². The number of nitrogens with two attached hydrogens (primary N) is 1. The number of anilines is 1. The molecule has 1 aromatic carbocycles. The highest BCUT2D eigenvalue weighted by molar-refractivity contribution is 5.51. The average Bonchev–Trinajstić information content (AvgIpc) is 2.52. The fourth-order valence-electron chi connectivity index (χ4n) is 1.58. The lowest BCUT2D eigenvalue weighted by atomic mass is 10.2. The van der Waals surface area contributed by atoms with E-state index in [9.17, 15) is 0 Å². The lowest BCUT2D eigenvalue weighted by Gasteiger charge is -2.09. The van der Waals surface area contributed by atoms with Gasteiger partial charge in [-0.15, -0.1) is 0 Å². The minimum Gasteiger partial charge on any atom is -0.399 e. The maximum Gasteiger partial charge on any atom is 0.110 e. The first-order valence-corrected chi connectivity index (χ1v) is 4.55. The summed E-state index contributed by atoms with van der Waals surface area (Å²) in [5.41, 5.74) is 8.78. The molecule has 2 aromatic rings. The van der Waals surface area contributed by atoms with Gasteiger partial charge < -0.3 is 10.3 Å². The summed E-state index contributed by atoms with van der Waals surface area (Å²) < 4.78 is 2.05. The summed E-state index contributed by atoms with van der Waals surface area (Å²) >= 11 is 0. The van der Waals surface area contributed by atoms with Crippen LogP contribution in [0.1, 0.15) is 11.4 Å². The van der Waals surface area contributed by atoms with E-state index in [0.717, 1.165) is 22.8 Å². The largest absolute Gasteiger partial charge is 0.399 e. The van der Waals surface area contributed by atoms with Gasteiger partial charge in [-0.25, -0.2) is 4.98 Å². The van der Waals surface area contributed by atoms with Gasteiger partial charge in [0.2, 0.25) is 0 Å². The van der Waals surface area contributed by atoms with E-state index in [1.54, 1.807) is 6.20 Å². The first-order chi connectivity index (χ1) is 6.68. The fourth-order valence-corrected chi connectivity index (χ4v) is 1.58. The van der Waals surface area contributed by atoms with E-state index in [2.05, 4.69) is 9.55 Å². The van der Waals surface area contributed by atoms with E-state index in [1.807, 2.05) is 38.2 Å². The second-order valence-electron chi connectivity index (χ2n) is 3.39. The van der Waals surface area contributed by atoms with Gasteiger partial charge in [-0.1, -0.05) is 0 Å². The van der Waals surface area contributed by atoms with Crippen LogP contribution in [0.2, 0.25) is 0 Å². The predicted octanol–water partition coefficient (Wildman–Crippen LogP) is 2.07. The number of aryl methyl sites for hydroxylation is 2. The molecule has 2 N–H and O–H groups in total. The van der Waals surface area contributed by atoms with Gasteiger partial charge in [0.25, 0.3) is 0 Å². The number of imidazole rings is 1. The molecule has 0 saturated carbocycles. The molecule has 14 heavy (non-hydrogen) atoms. The molecular weight excluding hydrogens is 174 g/mol. The molecule has 72 valence electrons. The molecule has 0 spiro atoms. The van der Waals surface area contributed by atoms with Gasteiger partial charge >= 0.3 is 0 Å². The van der Waals surface area contributed by atoms with Crippen LogP contribution in [0.4, 0.5) is 5.69 Å². The van der Waals surface area contributed by atoms with E-state index in [1.165, 1.54) is 0 Å². The molecule has 2 rings (SSSR count). The first-order valence-electron chi connectivity index (χ1n) is 4.55. The minimum absolute atomic E-state index is 0.795. The van der Waals surface area contributed by atoms with Gasteiger partial charge in [0.05, 0.1) is 0 Å². The van der Waals surface area contributed by atoms with Crippen molar-refractivity contribution in [2.24, 2.45) is 0 Å². The van der Waals surface area contributed by atoms with E-state index in [-0.39, 0.29) is 0 Å². The van der Waals surface area contributed by atoms with Crippen molar-refractivity contribution in [3.05, 3.63) is 42.0 Å². The van der Waals surface area contributed by atoms with Crippen LogP contribution in [0.15, 0.2) is 30.6 Å². The molecule has 0 radical (unpaired) electrons. The monoisotopic (exact) mass is 187 g/mol. The highest BCUT2D eigenvalue weighted by Crippen LogP contribution is 2.17. The van der Waals surface area contributed by atoms with Crippen LogP contribution in [0, 0.1) is 13.8 Å². The third-order valence-electron chi connectivity index (χ3n) is 2.31. The number of hydrogen-bond acceptors (Lipinski definition) is 2. The van der Waals surface area contributed by atoms with Crippen molar-refractivity contribution >= 4 is 5.69 Å². The van der Waals surface area contributed by atoms with Crippen LogP contribution >= 0.6 is 0 Å².